The van der Waals surface area contributed by atoms with Crippen LogP contribution in [0.2, 0.25) is 0 Å². The third-order valence-electron chi connectivity index (χ3n) is 4.53. The van der Waals surface area contributed by atoms with Gasteiger partial charge in [-0.15, -0.1) is 0 Å². The second-order valence-electron chi connectivity index (χ2n) is 6.18. The molecule has 0 radical (unpaired) electrons. The highest BCUT2D eigenvalue weighted by atomic mass is 16.5. The molecule has 25 heavy (non-hydrogen) atoms. The van der Waals surface area contributed by atoms with Gasteiger partial charge in [0.25, 0.3) is 5.91 Å². The van der Waals surface area contributed by atoms with Gasteiger partial charge in [-0.25, -0.2) is 4.79 Å². The van der Waals surface area contributed by atoms with Crippen LogP contribution < -0.4 is 10.1 Å². The maximum Gasteiger partial charge on any atom is 0.325 e. The lowest BCUT2D eigenvalue weighted by Crippen LogP contribution is -2.46. The highest BCUT2D eigenvalue weighted by Crippen LogP contribution is 2.25. The Morgan fingerprint density at radius 1 is 1.32 bits per heavy atom. The molecule has 1 atom stereocenters. The predicted molar refractivity (Wildman–Crippen MR) is 91.5 cm³/mol. The Morgan fingerprint density at radius 3 is 2.56 bits per heavy atom. The van der Waals surface area contributed by atoms with Crippen molar-refractivity contribution >= 4 is 17.7 Å². The van der Waals surface area contributed by atoms with Crippen molar-refractivity contribution < 1.29 is 24.2 Å². The Balaban J connectivity index is 1.95. The lowest BCUT2D eigenvalue weighted by Gasteiger charge is -2.24. The minimum absolute atomic E-state index is 0.0826. The van der Waals surface area contributed by atoms with E-state index >= 15 is 0 Å². The van der Waals surface area contributed by atoms with Gasteiger partial charge in [0.1, 0.15) is 24.0 Å². The number of benzene rings is 1. The number of amides is 3. The second-order valence-corrected chi connectivity index (χ2v) is 6.18. The average Bonchev–Trinajstić information content (AvgIpc) is 2.85. The fourth-order valence-electron chi connectivity index (χ4n) is 2.83. The van der Waals surface area contributed by atoms with Gasteiger partial charge in [0.15, 0.2) is 5.78 Å². The summed E-state index contributed by atoms with van der Waals surface area (Å²) in [6, 6.07) is 6.13. The summed E-state index contributed by atoms with van der Waals surface area (Å²) in [6.45, 7) is 4.90. The first-order chi connectivity index (χ1) is 11.8. The average molecular weight is 348 g/mol. The van der Waals surface area contributed by atoms with Crippen LogP contribution in [0.15, 0.2) is 24.3 Å². The molecule has 2 rings (SSSR count). The zero-order valence-electron chi connectivity index (χ0n) is 14.7. The fraction of sp³-hybridized carbons (Fsp3) is 0.500. The Bertz CT molecular complexity index is 669. The summed E-state index contributed by atoms with van der Waals surface area (Å²) in [4.78, 5) is 36.9. The molecule has 0 bridgehead atoms. The van der Waals surface area contributed by atoms with Gasteiger partial charge < -0.3 is 15.2 Å². The van der Waals surface area contributed by atoms with Crippen LogP contribution in [0.3, 0.4) is 0 Å². The van der Waals surface area contributed by atoms with Gasteiger partial charge in [0.05, 0.1) is 6.54 Å². The Morgan fingerprint density at radius 2 is 2.00 bits per heavy atom. The molecule has 1 heterocycles. The van der Waals surface area contributed by atoms with Crippen LogP contribution in [-0.2, 0) is 4.79 Å². The van der Waals surface area contributed by atoms with E-state index in [4.69, 9.17) is 4.74 Å². The zero-order valence-corrected chi connectivity index (χ0v) is 14.7. The molecule has 136 valence electrons. The number of carbonyl (C=O) groups excluding carboxylic acids is 3. The first kappa shape index (κ1) is 18.9. The maximum absolute atomic E-state index is 12.5. The van der Waals surface area contributed by atoms with E-state index in [1.165, 1.54) is 6.92 Å². The fourth-order valence-corrected chi connectivity index (χ4v) is 2.83. The molecule has 2 N–H and O–H groups in total. The van der Waals surface area contributed by atoms with E-state index < -0.39 is 17.7 Å². The van der Waals surface area contributed by atoms with Crippen LogP contribution in [0.25, 0.3) is 0 Å². The number of hydrogen-bond acceptors (Lipinski definition) is 5. The first-order valence-corrected chi connectivity index (χ1v) is 8.39. The molecule has 1 aromatic rings. The number of aliphatic hydroxyl groups excluding tert-OH is 1. The number of hydrogen-bond donors (Lipinski definition) is 2. The second kappa shape index (κ2) is 7.65. The van der Waals surface area contributed by atoms with Crippen molar-refractivity contribution in [2.45, 2.75) is 45.3 Å². The molecule has 0 spiro atoms. The highest BCUT2D eigenvalue weighted by Gasteiger charge is 2.48. The van der Waals surface area contributed by atoms with Gasteiger partial charge in [-0.05, 0) is 31.9 Å². The van der Waals surface area contributed by atoms with Crippen molar-refractivity contribution in [2.75, 3.05) is 13.2 Å². The summed E-state index contributed by atoms with van der Waals surface area (Å²) in [5, 5.41) is 12.8. The molecule has 7 nitrogen and oxygen atoms in total. The number of Topliss-reactive ketones (excluding diaryl/α,β-unsaturated/α-hetero) is 1. The quantitative estimate of drug-likeness (QED) is 0.551. The number of carbonyl (C=O) groups is 3. The molecule has 7 heteroatoms. The van der Waals surface area contributed by atoms with E-state index in [1.54, 1.807) is 24.3 Å². The molecule has 0 unspecified atom stereocenters. The van der Waals surface area contributed by atoms with Gasteiger partial charge in [0.2, 0.25) is 0 Å². The van der Waals surface area contributed by atoms with Gasteiger partial charge in [0, 0.05) is 5.56 Å². The number of rotatable bonds is 8. The summed E-state index contributed by atoms with van der Waals surface area (Å²) in [5.74, 6) is 0.0429. The van der Waals surface area contributed by atoms with Crippen molar-refractivity contribution in [3.05, 3.63) is 29.8 Å². The molecule has 1 aromatic carbocycles. The monoisotopic (exact) mass is 348 g/mol. The number of nitrogens with one attached hydrogen (secondary N) is 1. The molecule has 1 aliphatic heterocycles. The van der Waals surface area contributed by atoms with Crippen molar-refractivity contribution in [3.8, 4) is 5.75 Å². The normalized spacial score (nSPS) is 17.4. The molecule has 1 fully saturated rings. The molecule has 0 saturated carbocycles. The third kappa shape index (κ3) is 3.99. The topological polar surface area (TPSA) is 95.9 Å². The van der Waals surface area contributed by atoms with Crippen LogP contribution in [0.4, 0.5) is 4.79 Å². The minimum atomic E-state index is -1.03. The van der Waals surface area contributed by atoms with Crippen molar-refractivity contribution in [2.24, 2.45) is 0 Å². The molecular weight excluding hydrogens is 324 g/mol. The van der Waals surface area contributed by atoms with Crippen molar-refractivity contribution in [3.63, 3.8) is 0 Å². The number of nitrogens with zero attached hydrogens (tertiary/aromatic N) is 1. The summed E-state index contributed by atoms with van der Waals surface area (Å²) < 4.78 is 5.47. The van der Waals surface area contributed by atoms with E-state index in [-0.39, 0.29) is 24.8 Å². The first-order valence-electron chi connectivity index (χ1n) is 8.39. The number of ketones is 1. The SMILES string of the molecule is CCC1(CC)NC(=O)N(C[C@H](O)COc2cccc(C(C)=O)c2)C1=O. The summed E-state index contributed by atoms with van der Waals surface area (Å²) in [7, 11) is 0. The molecule has 0 aliphatic carbocycles. The van der Waals surface area contributed by atoms with Gasteiger partial charge >= 0.3 is 6.03 Å². The number of ether oxygens (including phenoxy) is 1. The van der Waals surface area contributed by atoms with E-state index in [0.29, 0.717) is 24.2 Å². The largest absolute Gasteiger partial charge is 0.491 e. The predicted octanol–water partition coefficient (Wildman–Crippen LogP) is 1.74. The minimum Gasteiger partial charge on any atom is -0.491 e. The van der Waals surface area contributed by atoms with Gasteiger partial charge in [-0.1, -0.05) is 26.0 Å². The lowest BCUT2D eigenvalue weighted by atomic mass is 9.93. The summed E-state index contributed by atoms with van der Waals surface area (Å²) >= 11 is 0. The van der Waals surface area contributed by atoms with Crippen LogP contribution in [0.1, 0.15) is 44.0 Å². The van der Waals surface area contributed by atoms with Crippen LogP contribution >= 0.6 is 0 Å². The molecule has 1 saturated heterocycles. The van der Waals surface area contributed by atoms with Crippen molar-refractivity contribution in [1.29, 1.82) is 0 Å². The van der Waals surface area contributed by atoms with Crippen LogP contribution in [0.5, 0.6) is 5.75 Å². The Kier molecular flexibility index (Phi) is 5.79. The number of β-amino-alcohol motifs (C(OH)–C–C–N with tert-alkyl or cyclic N) is 1. The van der Waals surface area contributed by atoms with Gasteiger partial charge in [-0.2, -0.15) is 0 Å². The van der Waals surface area contributed by atoms with Crippen molar-refractivity contribution in [1.82, 2.24) is 10.2 Å². The number of imide groups is 1. The Labute approximate surface area is 147 Å². The Hall–Kier alpha value is -2.41. The number of aliphatic hydroxyl groups is 1. The molecular formula is C18H24N2O5. The zero-order chi connectivity index (χ0) is 18.6. The lowest BCUT2D eigenvalue weighted by molar-refractivity contribution is -0.132. The van der Waals surface area contributed by atoms with E-state index in [0.717, 1.165) is 4.90 Å². The summed E-state index contributed by atoms with van der Waals surface area (Å²) in [5.41, 5.74) is -0.371. The number of urea groups is 1. The van der Waals surface area contributed by atoms with Gasteiger partial charge in [-0.3, -0.25) is 14.5 Å². The highest BCUT2D eigenvalue weighted by molar-refractivity contribution is 6.07. The molecule has 0 aromatic heterocycles. The van der Waals surface area contributed by atoms with E-state index in [1.807, 2.05) is 13.8 Å². The third-order valence-corrected chi connectivity index (χ3v) is 4.53. The van der Waals surface area contributed by atoms with Crippen LogP contribution in [0, 0.1) is 0 Å². The summed E-state index contributed by atoms with van der Waals surface area (Å²) in [6.07, 6.45) is -0.0375. The van der Waals surface area contributed by atoms with E-state index in [2.05, 4.69) is 5.32 Å². The maximum atomic E-state index is 12.5. The molecule has 1 aliphatic rings. The van der Waals surface area contributed by atoms with E-state index in [9.17, 15) is 19.5 Å². The smallest absolute Gasteiger partial charge is 0.325 e. The standard InChI is InChI=1S/C18H24N2O5/c1-4-18(5-2)16(23)20(17(24)19-18)10-14(22)11-25-15-8-6-7-13(9-15)12(3)21/h6-9,14,22H,4-5,10-11H2,1-3H3,(H,19,24)/t14-/m0/s1. The molecule has 3 amide bonds. The van der Waals surface area contributed by atoms with Crippen LogP contribution in [-0.4, -0.2) is 52.5 Å².